The van der Waals surface area contributed by atoms with Crippen molar-refractivity contribution in [3.63, 3.8) is 0 Å². The van der Waals surface area contributed by atoms with E-state index in [1.807, 2.05) is 36.4 Å². The van der Waals surface area contributed by atoms with Crippen LogP contribution in [0.4, 0.5) is 4.79 Å². The van der Waals surface area contributed by atoms with E-state index in [0.717, 1.165) is 11.1 Å². The fourth-order valence-corrected chi connectivity index (χ4v) is 4.45. The van der Waals surface area contributed by atoms with Crippen molar-refractivity contribution in [1.29, 1.82) is 0 Å². The van der Waals surface area contributed by atoms with Gasteiger partial charge in [0.25, 0.3) is 0 Å². The third-order valence-corrected chi connectivity index (χ3v) is 6.21. The largest absolute Gasteiger partial charge is 0.445 e. The van der Waals surface area contributed by atoms with Crippen LogP contribution >= 0.6 is 11.3 Å². The maximum absolute atomic E-state index is 13.5. The third-order valence-electron chi connectivity index (χ3n) is 5.42. The van der Waals surface area contributed by atoms with Gasteiger partial charge in [-0.2, -0.15) is 0 Å². The molecule has 0 unspecified atom stereocenters. The van der Waals surface area contributed by atoms with Gasteiger partial charge in [0.05, 0.1) is 6.04 Å². The maximum atomic E-state index is 13.5. The van der Waals surface area contributed by atoms with Crippen LogP contribution in [0, 0.1) is 12.1 Å². The molecule has 3 aromatic rings. The summed E-state index contributed by atoms with van der Waals surface area (Å²) in [5, 5.41) is 4.82. The van der Waals surface area contributed by atoms with Gasteiger partial charge in [0.15, 0.2) is 5.01 Å². The van der Waals surface area contributed by atoms with Crippen molar-refractivity contribution < 1.29 is 19.1 Å². The molecule has 2 heterocycles. The predicted molar refractivity (Wildman–Crippen MR) is 123 cm³/mol. The molecule has 0 radical (unpaired) electrons. The lowest BCUT2D eigenvalue weighted by molar-refractivity contribution is -0.133. The Bertz CT molecular complexity index is 1070. The van der Waals surface area contributed by atoms with Gasteiger partial charge in [-0.05, 0) is 30.5 Å². The lowest BCUT2D eigenvalue weighted by atomic mass is 10.0. The normalized spacial score (nSPS) is 16.0. The number of thiazole rings is 1. The van der Waals surface area contributed by atoms with Gasteiger partial charge in [0, 0.05) is 30.1 Å². The number of ether oxygens (including phenoxy) is 1. The van der Waals surface area contributed by atoms with Crippen LogP contribution in [0.2, 0.25) is 0 Å². The minimum absolute atomic E-state index is 0.0910. The second-order valence-electron chi connectivity index (χ2n) is 7.67. The molecule has 4 rings (SSSR count). The number of benzene rings is 1. The first kappa shape index (κ1) is 22.5. The van der Waals surface area contributed by atoms with Gasteiger partial charge >= 0.3 is 6.09 Å². The number of rotatable bonds is 8. The Morgan fingerprint density at radius 3 is 2.79 bits per heavy atom. The summed E-state index contributed by atoms with van der Waals surface area (Å²) in [6, 6.07) is 19.0. The minimum atomic E-state index is -0.898. The van der Waals surface area contributed by atoms with Crippen molar-refractivity contribution in [2.45, 2.75) is 38.0 Å². The molecule has 2 atom stereocenters. The average molecular weight is 462 g/mol. The topological polar surface area (TPSA) is 88.6 Å². The Morgan fingerprint density at radius 1 is 1.21 bits per heavy atom. The predicted octanol–water partition coefficient (Wildman–Crippen LogP) is 3.45. The maximum Gasteiger partial charge on any atom is 0.408 e. The fourth-order valence-electron chi connectivity index (χ4n) is 3.83. The van der Waals surface area contributed by atoms with Crippen molar-refractivity contribution >= 4 is 29.1 Å². The number of alkyl carbamates (subject to hydrolysis) is 1. The van der Waals surface area contributed by atoms with Crippen molar-refractivity contribution in [1.82, 2.24) is 15.2 Å². The summed E-state index contributed by atoms with van der Waals surface area (Å²) >= 11 is 1.26. The molecule has 7 nitrogen and oxygen atoms in total. The highest BCUT2D eigenvalue weighted by Gasteiger charge is 2.38. The molecule has 1 aliphatic heterocycles. The molecule has 0 spiro atoms. The Balaban J connectivity index is 1.47. The quantitative estimate of drug-likeness (QED) is 0.519. The van der Waals surface area contributed by atoms with Crippen LogP contribution in [0.3, 0.4) is 0 Å². The summed E-state index contributed by atoms with van der Waals surface area (Å²) in [5.41, 5.74) is 1.57. The van der Waals surface area contributed by atoms with Crippen molar-refractivity contribution in [3.8, 4) is 0 Å². The van der Waals surface area contributed by atoms with Gasteiger partial charge in [-0.15, -0.1) is 11.3 Å². The molecule has 1 fully saturated rings. The Morgan fingerprint density at radius 2 is 2.06 bits per heavy atom. The number of likely N-dealkylation sites (tertiary alicyclic amines) is 1. The molecule has 1 saturated heterocycles. The highest BCUT2D eigenvalue weighted by Crippen LogP contribution is 2.23. The first-order valence-corrected chi connectivity index (χ1v) is 11.6. The van der Waals surface area contributed by atoms with Gasteiger partial charge in [-0.25, -0.2) is 9.78 Å². The number of aromatic nitrogens is 1. The summed E-state index contributed by atoms with van der Waals surface area (Å²) < 4.78 is 5.33. The van der Waals surface area contributed by atoms with Crippen LogP contribution in [0.15, 0.2) is 60.1 Å². The van der Waals surface area contributed by atoms with Gasteiger partial charge in [0.1, 0.15) is 12.6 Å². The Hall–Kier alpha value is -3.70. The zero-order valence-electron chi connectivity index (χ0n) is 17.9. The van der Waals surface area contributed by atoms with Gasteiger partial charge < -0.3 is 15.0 Å². The number of amides is 2. The zero-order valence-corrected chi connectivity index (χ0v) is 18.7. The molecule has 0 bridgehead atoms. The van der Waals surface area contributed by atoms with E-state index in [9.17, 15) is 14.4 Å². The summed E-state index contributed by atoms with van der Waals surface area (Å²) in [7, 11) is 0. The van der Waals surface area contributed by atoms with Gasteiger partial charge in [0.2, 0.25) is 11.7 Å². The number of nitrogens with zero attached hydrogens (tertiary/aromatic N) is 2. The van der Waals surface area contributed by atoms with Crippen LogP contribution in [-0.4, -0.2) is 46.3 Å². The number of hydrogen-bond donors (Lipinski definition) is 1. The van der Waals surface area contributed by atoms with E-state index in [4.69, 9.17) is 4.74 Å². The second-order valence-corrected chi connectivity index (χ2v) is 8.57. The zero-order chi connectivity index (χ0) is 23.0. The second kappa shape index (κ2) is 10.7. The lowest BCUT2D eigenvalue weighted by Gasteiger charge is -2.28. The lowest BCUT2D eigenvalue weighted by Crippen LogP contribution is -2.52. The van der Waals surface area contributed by atoms with E-state index >= 15 is 0 Å². The molecule has 1 aliphatic rings. The van der Waals surface area contributed by atoms with Crippen molar-refractivity contribution in [3.05, 3.63) is 88.4 Å². The van der Waals surface area contributed by atoms with Crippen molar-refractivity contribution in [2.24, 2.45) is 0 Å². The molecule has 168 valence electrons. The van der Waals surface area contributed by atoms with E-state index in [2.05, 4.69) is 22.4 Å². The number of carbonyl (C=O) groups is 3. The molecule has 8 heteroatoms. The first-order valence-electron chi connectivity index (χ1n) is 10.7. The van der Waals surface area contributed by atoms with Crippen LogP contribution in [-0.2, 0) is 22.6 Å². The molecule has 2 aromatic carbocycles. The van der Waals surface area contributed by atoms with Gasteiger partial charge in [-0.1, -0.05) is 48.5 Å². The third kappa shape index (κ3) is 5.76. The smallest absolute Gasteiger partial charge is 0.408 e. The summed E-state index contributed by atoms with van der Waals surface area (Å²) in [6.07, 6.45) is 2.38. The first-order chi connectivity index (χ1) is 16.1. The van der Waals surface area contributed by atoms with E-state index < -0.39 is 18.2 Å². The molecule has 1 N–H and O–H groups in total. The van der Waals surface area contributed by atoms with Crippen molar-refractivity contribution in [2.75, 3.05) is 6.54 Å². The summed E-state index contributed by atoms with van der Waals surface area (Å²) in [4.78, 5) is 44.6. The van der Waals surface area contributed by atoms with Crippen LogP contribution in [0.5, 0.6) is 0 Å². The van der Waals surface area contributed by atoms with Crippen LogP contribution < -0.4 is 5.32 Å². The SMILES string of the molecule is O=C(N[C@@H](Cc1c#cccc1)C(=O)N1CCC[C@H]1C(=O)c1nccs1)OCc1ccccc1. The number of hydrogen-bond acceptors (Lipinski definition) is 6. The highest BCUT2D eigenvalue weighted by molar-refractivity contribution is 7.11. The average Bonchev–Trinajstić information content (AvgIpc) is 3.55. The molecule has 0 saturated carbocycles. The minimum Gasteiger partial charge on any atom is -0.445 e. The van der Waals surface area contributed by atoms with E-state index in [-0.39, 0.29) is 24.7 Å². The standard InChI is InChI=1S/C25H23N3O4S/c29-22(23-26-13-15-33-23)21-12-7-14-28(21)24(30)20(16-18-8-3-1-4-9-18)27-25(31)32-17-19-10-5-2-6-11-19/h1-3,5-6,8,10-11,13,15,20-21H,7,12,14,16-17H2,(H,27,31)/t20-,21-/m0/s1. The molecular weight excluding hydrogens is 438 g/mol. The number of nitrogens with one attached hydrogen (secondary N) is 1. The Labute approximate surface area is 196 Å². The summed E-state index contributed by atoms with van der Waals surface area (Å²) in [5.74, 6) is -0.489. The van der Waals surface area contributed by atoms with Crippen LogP contribution in [0.1, 0.15) is 33.8 Å². The Kier molecular flexibility index (Phi) is 7.33. The fraction of sp³-hybridized carbons (Fsp3) is 0.280. The molecular formula is C25H23N3O4S. The number of Topliss-reactive ketones (excluding diaryl/α,β-unsaturated/α-hetero) is 1. The number of ketones is 1. The van der Waals surface area contributed by atoms with E-state index in [0.29, 0.717) is 24.4 Å². The van der Waals surface area contributed by atoms with Gasteiger partial charge in [-0.3, -0.25) is 9.59 Å². The highest BCUT2D eigenvalue weighted by atomic mass is 32.1. The van der Waals surface area contributed by atoms with E-state index in [1.165, 1.54) is 11.3 Å². The summed E-state index contributed by atoms with van der Waals surface area (Å²) in [6.45, 7) is 0.538. The molecule has 33 heavy (non-hydrogen) atoms. The monoisotopic (exact) mass is 461 g/mol. The van der Waals surface area contributed by atoms with Crippen LogP contribution in [0.25, 0.3) is 0 Å². The molecule has 2 amide bonds. The van der Waals surface area contributed by atoms with E-state index in [1.54, 1.807) is 28.6 Å². The molecule has 1 aromatic heterocycles. The number of carbonyl (C=O) groups excluding carboxylic acids is 3. The molecule has 0 aliphatic carbocycles.